The lowest BCUT2D eigenvalue weighted by molar-refractivity contribution is 0.192. The van der Waals surface area contributed by atoms with Crippen molar-refractivity contribution in [3.05, 3.63) is 99.9 Å². The SMILES string of the molecule is O=C(Nc1cccc(Br)c1)N1CCc2c([nH]c3ccccc23)[C@@H]1c1ccccc1F. The topological polar surface area (TPSA) is 48.1 Å². The minimum atomic E-state index is -0.533. The van der Waals surface area contributed by atoms with E-state index in [-0.39, 0.29) is 11.8 Å². The number of halogens is 2. The van der Waals surface area contributed by atoms with Gasteiger partial charge in [0.05, 0.1) is 0 Å². The molecule has 2 amide bonds. The Bertz CT molecular complexity index is 1250. The molecule has 30 heavy (non-hydrogen) atoms. The zero-order valence-corrected chi connectivity index (χ0v) is 17.6. The lowest BCUT2D eigenvalue weighted by Crippen LogP contribution is -2.43. The van der Waals surface area contributed by atoms with E-state index in [1.807, 2.05) is 42.5 Å². The van der Waals surface area contributed by atoms with Crippen molar-refractivity contribution in [2.24, 2.45) is 0 Å². The molecule has 0 unspecified atom stereocenters. The lowest BCUT2D eigenvalue weighted by atomic mass is 9.92. The van der Waals surface area contributed by atoms with E-state index in [1.165, 1.54) is 6.07 Å². The van der Waals surface area contributed by atoms with Crippen LogP contribution in [0, 0.1) is 5.82 Å². The van der Waals surface area contributed by atoms with Gasteiger partial charge in [-0.25, -0.2) is 9.18 Å². The van der Waals surface area contributed by atoms with Gasteiger partial charge in [0.1, 0.15) is 11.9 Å². The van der Waals surface area contributed by atoms with E-state index in [4.69, 9.17) is 0 Å². The second-order valence-electron chi connectivity index (χ2n) is 7.37. The highest BCUT2D eigenvalue weighted by Crippen LogP contribution is 2.39. The summed E-state index contributed by atoms with van der Waals surface area (Å²) in [5, 5.41) is 4.08. The van der Waals surface area contributed by atoms with Crippen LogP contribution in [-0.4, -0.2) is 22.5 Å². The molecular formula is C24H19BrFN3O. The van der Waals surface area contributed by atoms with Crippen molar-refractivity contribution in [2.45, 2.75) is 12.5 Å². The summed E-state index contributed by atoms with van der Waals surface area (Å²) in [4.78, 5) is 18.4. The molecule has 1 atom stereocenters. The van der Waals surface area contributed by atoms with Crippen molar-refractivity contribution in [1.29, 1.82) is 0 Å². The number of hydrogen-bond acceptors (Lipinski definition) is 1. The van der Waals surface area contributed by atoms with Crippen LogP contribution in [0.4, 0.5) is 14.9 Å². The van der Waals surface area contributed by atoms with Gasteiger partial charge >= 0.3 is 6.03 Å². The van der Waals surface area contributed by atoms with Crippen LogP contribution in [0.3, 0.4) is 0 Å². The first-order chi connectivity index (χ1) is 14.6. The fraction of sp³-hybridized carbons (Fsp3) is 0.125. The van der Waals surface area contributed by atoms with Crippen molar-refractivity contribution >= 4 is 38.6 Å². The van der Waals surface area contributed by atoms with Gasteiger partial charge in [-0.05, 0) is 42.3 Å². The van der Waals surface area contributed by atoms with Crippen molar-refractivity contribution in [3.8, 4) is 0 Å². The van der Waals surface area contributed by atoms with Crippen LogP contribution in [0.25, 0.3) is 10.9 Å². The molecular weight excluding hydrogens is 445 g/mol. The summed E-state index contributed by atoms with van der Waals surface area (Å²) < 4.78 is 15.7. The Morgan fingerprint density at radius 2 is 1.87 bits per heavy atom. The number of para-hydroxylation sites is 1. The number of aromatic amines is 1. The molecule has 0 radical (unpaired) electrons. The van der Waals surface area contributed by atoms with Crippen molar-refractivity contribution in [2.75, 3.05) is 11.9 Å². The summed E-state index contributed by atoms with van der Waals surface area (Å²) in [6, 6.07) is 21.4. The van der Waals surface area contributed by atoms with E-state index in [9.17, 15) is 9.18 Å². The average Bonchev–Trinajstić information content (AvgIpc) is 3.12. The summed E-state index contributed by atoms with van der Waals surface area (Å²) in [6.07, 6.45) is 0.705. The van der Waals surface area contributed by atoms with E-state index >= 15 is 0 Å². The Balaban J connectivity index is 1.60. The third-order valence-electron chi connectivity index (χ3n) is 5.57. The largest absolute Gasteiger partial charge is 0.356 e. The smallest absolute Gasteiger partial charge is 0.322 e. The molecule has 0 bridgehead atoms. The van der Waals surface area contributed by atoms with Gasteiger partial charge < -0.3 is 15.2 Å². The molecule has 150 valence electrons. The average molecular weight is 464 g/mol. The molecule has 0 aliphatic carbocycles. The molecule has 4 aromatic rings. The first-order valence-corrected chi connectivity index (χ1v) is 10.6. The van der Waals surface area contributed by atoms with Gasteiger partial charge in [-0.2, -0.15) is 0 Å². The van der Waals surface area contributed by atoms with Crippen LogP contribution in [0.1, 0.15) is 22.9 Å². The molecule has 1 aliphatic rings. The Labute approximate surface area is 181 Å². The Morgan fingerprint density at radius 1 is 1.07 bits per heavy atom. The van der Waals surface area contributed by atoms with Crippen LogP contribution < -0.4 is 5.32 Å². The fourth-order valence-electron chi connectivity index (χ4n) is 4.24. The summed E-state index contributed by atoms with van der Waals surface area (Å²) in [7, 11) is 0. The van der Waals surface area contributed by atoms with Gasteiger partial charge in [0.2, 0.25) is 0 Å². The zero-order chi connectivity index (χ0) is 20.7. The molecule has 0 fully saturated rings. The maximum absolute atomic E-state index is 14.9. The minimum absolute atomic E-state index is 0.259. The number of rotatable bonds is 2. The number of nitrogens with zero attached hydrogens (tertiary/aromatic N) is 1. The molecule has 6 heteroatoms. The number of hydrogen-bond donors (Lipinski definition) is 2. The van der Waals surface area contributed by atoms with Gasteiger partial charge in [-0.1, -0.05) is 58.4 Å². The number of benzene rings is 3. The first kappa shape index (κ1) is 18.9. The monoisotopic (exact) mass is 463 g/mol. The van der Waals surface area contributed by atoms with Crippen LogP contribution in [0.5, 0.6) is 0 Å². The Morgan fingerprint density at radius 3 is 2.70 bits per heavy atom. The molecule has 0 saturated carbocycles. The molecule has 0 spiro atoms. The normalized spacial score (nSPS) is 15.8. The van der Waals surface area contributed by atoms with Gasteiger partial charge in [-0.15, -0.1) is 0 Å². The van der Waals surface area contributed by atoms with Gasteiger partial charge in [0.15, 0.2) is 0 Å². The van der Waals surface area contributed by atoms with E-state index in [0.717, 1.165) is 26.6 Å². The molecule has 3 aromatic carbocycles. The molecule has 1 aromatic heterocycles. The van der Waals surface area contributed by atoms with Crippen molar-refractivity contribution < 1.29 is 9.18 Å². The van der Waals surface area contributed by atoms with Crippen LogP contribution >= 0.6 is 15.9 Å². The van der Waals surface area contributed by atoms with E-state index in [1.54, 1.807) is 23.1 Å². The highest BCUT2D eigenvalue weighted by Gasteiger charge is 2.35. The number of nitrogens with one attached hydrogen (secondary N) is 2. The minimum Gasteiger partial charge on any atom is -0.356 e. The maximum atomic E-state index is 14.9. The number of carbonyl (C=O) groups is 1. The highest BCUT2D eigenvalue weighted by atomic mass is 79.9. The van der Waals surface area contributed by atoms with Crippen LogP contribution in [0.2, 0.25) is 0 Å². The number of fused-ring (bicyclic) bond motifs is 3. The van der Waals surface area contributed by atoms with Crippen molar-refractivity contribution in [3.63, 3.8) is 0 Å². The van der Waals surface area contributed by atoms with E-state index in [2.05, 4.69) is 32.3 Å². The molecule has 2 heterocycles. The maximum Gasteiger partial charge on any atom is 0.322 e. The second kappa shape index (κ2) is 7.61. The zero-order valence-electron chi connectivity index (χ0n) is 16.0. The third-order valence-corrected chi connectivity index (χ3v) is 6.06. The van der Waals surface area contributed by atoms with Crippen LogP contribution in [-0.2, 0) is 6.42 Å². The van der Waals surface area contributed by atoms with Crippen LogP contribution in [0.15, 0.2) is 77.3 Å². The number of anilines is 1. The highest BCUT2D eigenvalue weighted by molar-refractivity contribution is 9.10. The predicted molar refractivity (Wildman–Crippen MR) is 120 cm³/mol. The number of amides is 2. The molecule has 5 rings (SSSR count). The summed E-state index contributed by atoms with van der Waals surface area (Å²) >= 11 is 3.43. The molecule has 2 N–H and O–H groups in total. The molecule has 1 aliphatic heterocycles. The second-order valence-corrected chi connectivity index (χ2v) is 8.29. The summed E-state index contributed by atoms with van der Waals surface area (Å²) in [6.45, 7) is 0.494. The summed E-state index contributed by atoms with van der Waals surface area (Å²) in [5.74, 6) is -0.325. The van der Waals surface area contributed by atoms with Gasteiger partial charge in [0.25, 0.3) is 0 Å². The number of aromatic nitrogens is 1. The predicted octanol–water partition coefficient (Wildman–Crippen LogP) is 6.25. The van der Waals surface area contributed by atoms with Gasteiger partial charge in [0, 0.05) is 38.9 Å². The molecule has 0 saturated heterocycles. The fourth-order valence-corrected chi connectivity index (χ4v) is 4.64. The third kappa shape index (κ3) is 3.27. The Hall–Kier alpha value is -3.12. The molecule has 4 nitrogen and oxygen atoms in total. The number of H-pyrrole nitrogens is 1. The number of urea groups is 1. The van der Waals surface area contributed by atoms with E-state index < -0.39 is 6.04 Å². The number of carbonyl (C=O) groups excluding carboxylic acids is 1. The Kier molecular flexibility index (Phi) is 4.79. The quantitative estimate of drug-likeness (QED) is 0.362. The summed E-state index contributed by atoms with van der Waals surface area (Å²) in [5.41, 5.74) is 4.18. The first-order valence-electron chi connectivity index (χ1n) is 9.79. The van der Waals surface area contributed by atoms with E-state index in [0.29, 0.717) is 24.2 Å². The standard InChI is InChI=1S/C24H19BrFN3O/c25-15-6-5-7-16(14-15)27-24(30)29-13-12-18-17-8-2-4-11-21(17)28-22(18)23(29)19-9-1-3-10-20(19)26/h1-11,14,23,28H,12-13H2,(H,27,30)/t23-/m0/s1. The van der Waals surface area contributed by atoms with Gasteiger partial charge in [-0.3, -0.25) is 0 Å². The van der Waals surface area contributed by atoms with Crippen molar-refractivity contribution in [1.82, 2.24) is 9.88 Å². The lowest BCUT2D eigenvalue weighted by Gasteiger charge is -2.36.